The molecule has 1 aliphatic rings. The number of aryl methyl sites for hydroxylation is 1. The number of carbonyl (C=O) groups is 1. The van der Waals surface area contributed by atoms with Gasteiger partial charge in [0.1, 0.15) is 4.21 Å². The SMILES string of the molecule is Cc1nc(-c2ccc(S(=O)(=O)N3CC(C)CC(C(=O)O)C3)s2)cs1. The molecule has 6 nitrogen and oxygen atoms in total. The third kappa shape index (κ3) is 3.39. The first-order chi connectivity index (χ1) is 11.3. The van der Waals surface area contributed by atoms with E-state index in [9.17, 15) is 18.3 Å². The summed E-state index contributed by atoms with van der Waals surface area (Å²) in [5.74, 6) is -1.56. The fraction of sp³-hybridized carbons (Fsp3) is 0.467. The van der Waals surface area contributed by atoms with E-state index < -0.39 is 21.9 Å². The molecule has 2 aromatic heterocycles. The molecule has 3 heterocycles. The first kappa shape index (κ1) is 17.5. The van der Waals surface area contributed by atoms with Crippen LogP contribution in [0.15, 0.2) is 21.7 Å². The molecule has 2 atom stereocenters. The molecule has 1 N–H and O–H groups in total. The Balaban J connectivity index is 1.87. The van der Waals surface area contributed by atoms with Gasteiger partial charge in [-0.05, 0) is 31.4 Å². The Morgan fingerprint density at radius 3 is 2.75 bits per heavy atom. The predicted octanol–water partition coefficient (Wildman–Crippen LogP) is 2.91. The molecule has 24 heavy (non-hydrogen) atoms. The molecule has 2 aromatic rings. The molecule has 0 saturated carbocycles. The Kier molecular flexibility index (Phi) is 4.78. The van der Waals surface area contributed by atoms with Crippen molar-refractivity contribution in [1.29, 1.82) is 0 Å². The van der Waals surface area contributed by atoms with Crippen LogP contribution >= 0.6 is 22.7 Å². The van der Waals surface area contributed by atoms with Crippen molar-refractivity contribution in [2.75, 3.05) is 13.1 Å². The summed E-state index contributed by atoms with van der Waals surface area (Å²) >= 11 is 2.70. The lowest BCUT2D eigenvalue weighted by atomic mass is 9.92. The second-order valence-electron chi connectivity index (χ2n) is 6.07. The molecule has 0 spiro atoms. The topological polar surface area (TPSA) is 87.6 Å². The number of thiophene rings is 1. The summed E-state index contributed by atoms with van der Waals surface area (Å²) in [7, 11) is -3.68. The summed E-state index contributed by atoms with van der Waals surface area (Å²) in [4.78, 5) is 16.5. The quantitative estimate of drug-likeness (QED) is 0.873. The maximum absolute atomic E-state index is 12.9. The van der Waals surface area contributed by atoms with Crippen LogP contribution in [0.25, 0.3) is 10.6 Å². The summed E-state index contributed by atoms with van der Waals surface area (Å²) in [6.07, 6.45) is 0.509. The molecule has 2 unspecified atom stereocenters. The van der Waals surface area contributed by atoms with Crippen LogP contribution in [0, 0.1) is 18.8 Å². The van der Waals surface area contributed by atoms with E-state index in [4.69, 9.17) is 0 Å². The van der Waals surface area contributed by atoms with Gasteiger partial charge >= 0.3 is 5.97 Å². The maximum atomic E-state index is 12.9. The number of carboxylic acid groups (broad SMARTS) is 1. The minimum Gasteiger partial charge on any atom is -0.481 e. The van der Waals surface area contributed by atoms with Crippen LogP contribution in [0.2, 0.25) is 0 Å². The van der Waals surface area contributed by atoms with Gasteiger partial charge in [0, 0.05) is 18.5 Å². The number of hydrogen-bond acceptors (Lipinski definition) is 6. The standard InChI is InChI=1S/C15H18N2O4S3/c1-9-5-11(15(18)19)7-17(6-9)24(20,21)14-4-3-13(23-14)12-8-22-10(2)16-12/h3-4,8-9,11H,5-7H2,1-2H3,(H,18,19). The van der Waals surface area contributed by atoms with Crippen LogP contribution < -0.4 is 0 Å². The average Bonchev–Trinajstić information content (AvgIpc) is 3.15. The zero-order valence-corrected chi connectivity index (χ0v) is 15.7. The molecule has 130 valence electrons. The molecule has 0 aliphatic carbocycles. The van der Waals surface area contributed by atoms with E-state index in [0.29, 0.717) is 13.0 Å². The van der Waals surface area contributed by atoms with Crippen molar-refractivity contribution in [3.63, 3.8) is 0 Å². The van der Waals surface area contributed by atoms with Gasteiger partial charge in [-0.15, -0.1) is 22.7 Å². The highest BCUT2D eigenvalue weighted by molar-refractivity contribution is 7.91. The lowest BCUT2D eigenvalue weighted by Crippen LogP contribution is -2.45. The lowest BCUT2D eigenvalue weighted by molar-refractivity contribution is -0.143. The molecular formula is C15H18N2O4S3. The van der Waals surface area contributed by atoms with E-state index in [2.05, 4.69) is 4.98 Å². The molecule has 9 heteroatoms. The minimum absolute atomic E-state index is 0.0234. The molecule has 0 aromatic carbocycles. The largest absolute Gasteiger partial charge is 0.481 e. The fourth-order valence-electron chi connectivity index (χ4n) is 2.88. The smallest absolute Gasteiger partial charge is 0.307 e. The summed E-state index contributed by atoms with van der Waals surface area (Å²) < 4.78 is 27.3. The number of aromatic nitrogens is 1. The first-order valence-corrected chi connectivity index (χ1v) is 10.7. The van der Waals surface area contributed by atoms with Gasteiger partial charge in [-0.2, -0.15) is 4.31 Å². The fourth-order valence-corrected chi connectivity index (χ4v) is 6.59. The maximum Gasteiger partial charge on any atom is 0.307 e. The van der Waals surface area contributed by atoms with Crippen molar-refractivity contribution in [2.24, 2.45) is 11.8 Å². The highest BCUT2D eigenvalue weighted by atomic mass is 32.2. The van der Waals surface area contributed by atoms with Gasteiger partial charge in [-0.1, -0.05) is 6.92 Å². The zero-order chi connectivity index (χ0) is 17.5. The predicted molar refractivity (Wildman–Crippen MR) is 93.8 cm³/mol. The molecule has 0 bridgehead atoms. The number of piperidine rings is 1. The van der Waals surface area contributed by atoms with Gasteiger partial charge in [0.15, 0.2) is 0 Å². The minimum atomic E-state index is -3.68. The van der Waals surface area contributed by atoms with Crippen LogP contribution in [0.1, 0.15) is 18.4 Å². The summed E-state index contributed by atoms with van der Waals surface area (Å²) in [6.45, 7) is 4.18. The number of sulfonamides is 1. The van der Waals surface area contributed by atoms with Gasteiger partial charge in [0.25, 0.3) is 10.0 Å². The van der Waals surface area contributed by atoms with Crippen molar-refractivity contribution < 1.29 is 18.3 Å². The summed E-state index contributed by atoms with van der Waals surface area (Å²) in [5.41, 5.74) is 0.777. The van der Waals surface area contributed by atoms with E-state index >= 15 is 0 Å². The summed E-state index contributed by atoms with van der Waals surface area (Å²) in [6, 6.07) is 3.34. The second kappa shape index (κ2) is 6.55. The van der Waals surface area contributed by atoms with Gasteiger partial charge in [-0.25, -0.2) is 13.4 Å². The van der Waals surface area contributed by atoms with Crippen LogP contribution in [-0.4, -0.2) is 41.9 Å². The van der Waals surface area contributed by atoms with Gasteiger partial charge in [0.2, 0.25) is 0 Å². The first-order valence-electron chi connectivity index (χ1n) is 7.52. The van der Waals surface area contributed by atoms with E-state index in [0.717, 1.165) is 15.6 Å². The van der Waals surface area contributed by atoms with Crippen molar-refractivity contribution in [3.05, 3.63) is 22.5 Å². The molecule has 3 rings (SSSR count). The molecule has 0 amide bonds. The van der Waals surface area contributed by atoms with E-state index in [1.165, 1.54) is 27.0 Å². The highest BCUT2D eigenvalue weighted by Crippen LogP contribution is 2.34. The Hall–Kier alpha value is -1.29. The van der Waals surface area contributed by atoms with Crippen molar-refractivity contribution in [3.8, 4) is 10.6 Å². The number of nitrogens with zero attached hydrogens (tertiary/aromatic N) is 2. The number of hydrogen-bond donors (Lipinski definition) is 1. The molecule has 1 fully saturated rings. The lowest BCUT2D eigenvalue weighted by Gasteiger charge is -2.33. The molecule has 1 saturated heterocycles. The average molecular weight is 387 g/mol. The van der Waals surface area contributed by atoms with E-state index in [1.807, 2.05) is 19.2 Å². The molecule has 0 radical (unpaired) electrons. The third-order valence-electron chi connectivity index (χ3n) is 4.02. The Morgan fingerprint density at radius 2 is 2.12 bits per heavy atom. The Labute approximate surface area is 148 Å². The highest BCUT2D eigenvalue weighted by Gasteiger charge is 2.36. The van der Waals surface area contributed by atoms with E-state index in [1.54, 1.807) is 12.1 Å². The van der Waals surface area contributed by atoms with Crippen molar-refractivity contribution in [1.82, 2.24) is 9.29 Å². The number of aliphatic carboxylic acids is 1. The van der Waals surface area contributed by atoms with Gasteiger partial charge < -0.3 is 5.11 Å². The van der Waals surface area contributed by atoms with Crippen molar-refractivity contribution >= 4 is 38.7 Å². The number of thiazole rings is 1. The number of carboxylic acids is 1. The van der Waals surface area contributed by atoms with Crippen LogP contribution in [-0.2, 0) is 14.8 Å². The Bertz CT molecular complexity index is 856. The van der Waals surface area contributed by atoms with Gasteiger partial charge in [0.05, 0.1) is 21.5 Å². The van der Waals surface area contributed by atoms with Crippen LogP contribution in [0.4, 0.5) is 0 Å². The van der Waals surface area contributed by atoms with Crippen molar-refractivity contribution in [2.45, 2.75) is 24.5 Å². The number of rotatable bonds is 4. The third-order valence-corrected chi connectivity index (χ3v) is 8.20. The second-order valence-corrected chi connectivity index (χ2v) is 10.4. The van der Waals surface area contributed by atoms with E-state index in [-0.39, 0.29) is 16.7 Å². The monoisotopic (exact) mass is 386 g/mol. The van der Waals surface area contributed by atoms with Gasteiger partial charge in [-0.3, -0.25) is 4.79 Å². The van der Waals surface area contributed by atoms with Crippen LogP contribution in [0.5, 0.6) is 0 Å². The molecular weight excluding hydrogens is 368 g/mol. The molecule has 1 aliphatic heterocycles. The summed E-state index contributed by atoms with van der Waals surface area (Å²) in [5, 5.41) is 12.1. The normalized spacial score (nSPS) is 22.6. The Morgan fingerprint density at radius 1 is 1.38 bits per heavy atom. The van der Waals surface area contributed by atoms with Crippen LogP contribution in [0.3, 0.4) is 0 Å². The zero-order valence-electron chi connectivity index (χ0n) is 13.3.